The third-order valence-electron chi connectivity index (χ3n) is 5.70. The maximum absolute atomic E-state index is 12.8. The van der Waals surface area contributed by atoms with Gasteiger partial charge in [-0.2, -0.15) is 4.98 Å². The highest BCUT2D eigenvalue weighted by molar-refractivity contribution is 7.98. The second kappa shape index (κ2) is 9.03. The van der Waals surface area contributed by atoms with E-state index in [0.717, 1.165) is 49.2 Å². The third kappa shape index (κ3) is 4.66. The molecule has 2 aliphatic heterocycles. The molecule has 0 saturated carbocycles. The molecule has 2 aliphatic rings. The van der Waals surface area contributed by atoms with Gasteiger partial charge < -0.3 is 14.7 Å². The van der Waals surface area contributed by atoms with Crippen LogP contribution in [0.1, 0.15) is 35.3 Å². The average Bonchev–Trinajstić information content (AvgIpc) is 2.79. The fourth-order valence-electron chi connectivity index (χ4n) is 3.99. The highest BCUT2D eigenvalue weighted by atomic mass is 32.2. The topological polar surface area (TPSA) is 52.6 Å². The Morgan fingerprint density at radius 3 is 2.24 bits per heavy atom. The largest absolute Gasteiger partial charge is 0.353 e. The van der Waals surface area contributed by atoms with Crippen LogP contribution in [0, 0.1) is 6.92 Å². The molecule has 4 rings (SSSR count). The Morgan fingerprint density at radius 1 is 0.897 bits per heavy atom. The van der Waals surface area contributed by atoms with Gasteiger partial charge in [0.2, 0.25) is 5.95 Å². The van der Waals surface area contributed by atoms with E-state index >= 15 is 0 Å². The van der Waals surface area contributed by atoms with Crippen LogP contribution in [0.4, 0.5) is 11.8 Å². The summed E-state index contributed by atoms with van der Waals surface area (Å²) < 4.78 is 0. The smallest absolute Gasteiger partial charge is 0.253 e. The SMILES string of the molecule is CSc1ccc(C(=O)N2CCN(c3cc(C)nc(N4CCCCC4)n3)CC2)cc1. The summed E-state index contributed by atoms with van der Waals surface area (Å²) in [4.78, 5) is 30.1. The van der Waals surface area contributed by atoms with Gasteiger partial charge in [0.05, 0.1) is 0 Å². The maximum atomic E-state index is 12.8. The Balaban J connectivity index is 1.41. The monoisotopic (exact) mass is 411 g/mol. The normalized spacial score (nSPS) is 17.5. The van der Waals surface area contributed by atoms with Gasteiger partial charge in [-0.05, 0) is 56.7 Å². The molecule has 2 fully saturated rings. The van der Waals surface area contributed by atoms with Gasteiger partial charge in [0.25, 0.3) is 5.91 Å². The van der Waals surface area contributed by atoms with E-state index in [9.17, 15) is 4.79 Å². The number of carbonyl (C=O) groups is 1. The van der Waals surface area contributed by atoms with Crippen molar-refractivity contribution in [3.05, 3.63) is 41.6 Å². The number of hydrogen-bond acceptors (Lipinski definition) is 6. The Bertz CT molecular complexity index is 843. The molecule has 0 spiro atoms. The summed E-state index contributed by atoms with van der Waals surface area (Å²) in [5.41, 5.74) is 1.77. The van der Waals surface area contributed by atoms with Crippen LogP contribution in [0.5, 0.6) is 0 Å². The van der Waals surface area contributed by atoms with Gasteiger partial charge in [-0.3, -0.25) is 4.79 Å². The van der Waals surface area contributed by atoms with E-state index in [-0.39, 0.29) is 5.91 Å². The molecule has 154 valence electrons. The lowest BCUT2D eigenvalue weighted by molar-refractivity contribution is 0.0746. The van der Waals surface area contributed by atoms with Crippen molar-refractivity contribution in [1.29, 1.82) is 0 Å². The Hall–Kier alpha value is -2.28. The highest BCUT2D eigenvalue weighted by Gasteiger charge is 2.24. The number of thioether (sulfide) groups is 1. The van der Waals surface area contributed by atoms with Crippen LogP contribution in [-0.2, 0) is 0 Å². The Labute approximate surface area is 177 Å². The first-order chi connectivity index (χ1) is 14.1. The van der Waals surface area contributed by atoms with Crippen LogP contribution in [0.2, 0.25) is 0 Å². The van der Waals surface area contributed by atoms with E-state index in [1.807, 2.05) is 42.3 Å². The van der Waals surface area contributed by atoms with Crippen molar-refractivity contribution in [2.75, 3.05) is 55.3 Å². The van der Waals surface area contributed by atoms with E-state index in [1.54, 1.807) is 11.8 Å². The summed E-state index contributed by atoms with van der Waals surface area (Å²) in [6, 6.07) is 9.95. The number of anilines is 2. The number of piperazine rings is 1. The van der Waals surface area contributed by atoms with Crippen LogP contribution in [0.15, 0.2) is 35.2 Å². The number of hydrogen-bond donors (Lipinski definition) is 0. The summed E-state index contributed by atoms with van der Waals surface area (Å²) >= 11 is 1.69. The molecule has 1 amide bonds. The second-order valence-corrected chi connectivity index (χ2v) is 8.60. The number of carbonyl (C=O) groups excluding carboxylic acids is 1. The third-order valence-corrected chi connectivity index (χ3v) is 6.44. The van der Waals surface area contributed by atoms with Gasteiger partial charge in [-0.1, -0.05) is 0 Å². The van der Waals surface area contributed by atoms with Crippen molar-refractivity contribution in [2.24, 2.45) is 0 Å². The summed E-state index contributed by atoms with van der Waals surface area (Å²) in [5.74, 6) is 1.95. The lowest BCUT2D eigenvalue weighted by Gasteiger charge is -2.36. The molecule has 29 heavy (non-hydrogen) atoms. The van der Waals surface area contributed by atoms with E-state index < -0.39 is 0 Å². The van der Waals surface area contributed by atoms with Gasteiger partial charge in [0, 0.05) is 61.5 Å². The van der Waals surface area contributed by atoms with E-state index in [1.165, 1.54) is 24.2 Å². The molecule has 6 nitrogen and oxygen atoms in total. The zero-order valence-electron chi connectivity index (χ0n) is 17.3. The Morgan fingerprint density at radius 2 is 1.59 bits per heavy atom. The molecule has 1 aromatic carbocycles. The van der Waals surface area contributed by atoms with Crippen LogP contribution in [0.25, 0.3) is 0 Å². The number of aryl methyl sites for hydroxylation is 1. The van der Waals surface area contributed by atoms with Gasteiger partial charge in [0.15, 0.2) is 0 Å². The quantitative estimate of drug-likeness (QED) is 0.718. The summed E-state index contributed by atoms with van der Waals surface area (Å²) in [7, 11) is 0. The number of rotatable bonds is 4. The second-order valence-electron chi connectivity index (χ2n) is 7.72. The van der Waals surface area contributed by atoms with Crippen molar-refractivity contribution < 1.29 is 4.79 Å². The van der Waals surface area contributed by atoms with Gasteiger partial charge in [0.1, 0.15) is 5.82 Å². The van der Waals surface area contributed by atoms with Gasteiger partial charge in [-0.25, -0.2) is 4.98 Å². The number of aromatic nitrogens is 2. The van der Waals surface area contributed by atoms with E-state index in [4.69, 9.17) is 4.98 Å². The van der Waals surface area contributed by atoms with Crippen LogP contribution < -0.4 is 9.80 Å². The first-order valence-corrected chi connectivity index (χ1v) is 11.7. The van der Waals surface area contributed by atoms with Crippen molar-refractivity contribution in [2.45, 2.75) is 31.1 Å². The summed E-state index contributed by atoms with van der Waals surface area (Å²) in [6.07, 6.45) is 5.77. The number of nitrogens with zero attached hydrogens (tertiary/aromatic N) is 5. The number of piperidine rings is 1. The minimum Gasteiger partial charge on any atom is -0.353 e. The zero-order valence-corrected chi connectivity index (χ0v) is 18.1. The fourth-order valence-corrected chi connectivity index (χ4v) is 4.40. The highest BCUT2D eigenvalue weighted by Crippen LogP contribution is 2.22. The van der Waals surface area contributed by atoms with Gasteiger partial charge >= 0.3 is 0 Å². The first-order valence-electron chi connectivity index (χ1n) is 10.4. The maximum Gasteiger partial charge on any atom is 0.253 e. The molecule has 2 aromatic rings. The van der Waals surface area contributed by atoms with Crippen molar-refractivity contribution in [1.82, 2.24) is 14.9 Å². The lowest BCUT2D eigenvalue weighted by Crippen LogP contribution is -2.49. The summed E-state index contributed by atoms with van der Waals surface area (Å²) in [5, 5.41) is 0. The molecule has 2 saturated heterocycles. The van der Waals surface area contributed by atoms with Crippen molar-refractivity contribution >= 4 is 29.4 Å². The number of amides is 1. The molecular formula is C22H29N5OS. The lowest BCUT2D eigenvalue weighted by atomic mass is 10.1. The minimum atomic E-state index is 0.116. The zero-order chi connectivity index (χ0) is 20.2. The molecule has 3 heterocycles. The van der Waals surface area contributed by atoms with Crippen LogP contribution >= 0.6 is 11.8 Å². The van der Waals surface area contributed by atoms with E-state index in [2.05, 4.69) is 20.9 Å². The van der Waals surface area contributed by atoms with Crippen LogP contribution in [-0.4, -0.2) is 66.3 Å². The minimum absolute atomic E-state index is 0.116. The Kier molecular flexibility index (Phi) is 6.23. The molecule has 1 aromatic heterocycles. The average molecular weight is 412 g/mol. The van der Waals surface area contributed by atoms with Gasteiger partial charge in [-0.15, -0.1) is 11.8 Å². The number of benzene rings is 1. The summed E-state index contributed by atoms with van der Waals surface area (Å²) in [6.45, 7) is 7.14. The van der Waals surface area contributed by atoms with Crippen molar-refractivity contribution in [3.63, 3.8) is 0 Å². The molecule has 0 bridgehead atoms. The predicted molar refractivity (Wildman–Crippen MR) is 119 cm³/mol. The predicted octanol–water partition coefficient (Wildman–Crippen LogP) is 3.46. The molecular weight excluding hydrogens is 382 g/mol. The molecule has 7 heteroatoms. The van der Waals surface area contributed by atoms with Crippen molar-refractivity contribution in [3.8, 4) is 0 Å². The van der Waals surface area contributed by atoms with E-state index in [0.29, 0.717) is 13.1 Å². The standard InChI is InChI=1S/C22H29N5OS/c1-17-16-20(24-22(23-17)27-10-4-3-5-11-27)25-12-14-26(15-13-25)21(28)18-6-8-19(29-2)9-7-18/h6-9,16H,3-5,10-15H2,1-2H3. The molecule has 0 unspecified atom stereocenters. The fraction of sp³-hybridized carbons (Fsp3) is 0.500. The molecule has 0 radical (unpaired) electrons. The molecule has 0 atom stereocenters. The molecule has 0 N–H and O–H groups in total. The van der Waals surface area contributed by atoms with Crippen LogP contribution in [0.3, 0.4) is 0 Å². The molecule has 0 aliphatic carbocycles. The first kappa shape index (κ1) is 20.0.